The van der Waals surface area contributed by atoms with E-state index in [-0.39, 0.29) is 23.7 Å². The van der Waals surface area contributed by atoms with E-state index in [2.05, 4.69) is 105 Å². The van der Waals surface area contributed by atoms with Crippen molar-refractivity contribution < 1.29 is 23.9 Å². The maximum Gasteiger partial charge on any atom is 0.322 e. The fourth-order valence-corrected chi connectivity index (χ4v) is 10.4. The highest BCUT2D eigenvalue weighted by atomic mass is 79.9. The number of halogens is 3. The van der Waals surface area contributed by atoms with Gasteiger partial charge in [0.25, 0.3) is 0 Å². The first kappa shape index (κ1) is 54.8. The first-order valence-corrected chi connectivity index (χ1v) is 24.5. The number of rotatable bonds is 18. The maximum atomic E-state index is 12.7. The van der Waals surface area contributed by atoms with Gasteiger partial charge in [-0.25, -0.2) is 0 Å². The number of nitrogens with one attached hydrogen (secondary N) is 3. The van der Waals surface area contributed by atoms with Crippen molar-refractivity contribution >= 4 is 71.5 Å². The lowest BCUT2D eigenvalue weighted by Gasteiger charge is -2.31. The fourth-order valence-electron chi connectivity index (χ4n) is 9.29. The minimum atomic E-state index is -0.852. The fraction of sp³-hybridized carbons (Fsp3) is 0.830. The first-order chi connectivity index (χ1) is 26.8. The number of alkyl halides is 3. The van der Waals surface area contributed by atoms with Gasteiger partial charge in [-0.2, -0.15) is 0 Å². The van der Waals surface area contributed by atoms with Crippen LogP contribution in [0.5, 0.6) is 0 Å². The topological polar surface area (TPSA) is 114 Å². The van der Waals surface area contributed by atoms with E-state index in [1.54, 1.807) is 6.92 Å². The summed E-state index contributed by atoms with van der Waals surface area (Å²) in [6.07, 6.45) is 16.7. The van der Waals surface area contributed by atoms with Crippen molar-refractivity contribution in [2.75, 3.05) is 26.7 Å². The minimum absolute atomic E-state index is 0.00637. The molecule has 0 bridgehead atoms. The molecule has 58 heavy (non-hydrogen) atoms. The molecular formula is C47H82Br3N3O5. The second-order valence-corrected chi connectivity index (χ2v) is 25.0. The van der Waals surface area contributed by atoms with Gasteiger partial charge in [0.05, 0.1) is 15.8 Å². The highest BCUT2D eigenvalue weighted by Gasteiger charge is 2.42. The molecule has 0 radical (unpaired) electrons. The van der Waals surface area contributed by atoms with E-state index in [1.165, 1.54) is 58.5 Å². The Balaban J connectivity index is 0.000000445. The molecule has 0 spiro atoms. The minimum Gasteiger partial charge on any atom is -0.468 e. The lowest BCUT2D eigenvalue weighted by Crippen LogP contribution is -2.45. The number of ether oxygens (including phenoxy) is 1. The van der Waals surface area contributed by atoms with Crippen molar-refractivity contribution in [3.8, 4) is 0 Å². The molecule has 0 aromatic rings. The largest absolute Gasteiger partial charge is 0.468 e. The van der Waals surface area contributed by atoms with Gasteiger partial charge in [0.1, 0.15) is 4.32 Å². The highest BCUT2D eigenvalue weighted by Crippen LogP contribution is 2.41. The lowest BCUT2D eigenvalue weighted by molar-refractivity contribution is -0.144. The monoisotopic (exact) mass is 1010 g/mol. The highest BCUT2D eigenvalue weighted by molar-refractivity contribution is 9.10. The van der Waals surface area contributed by atoms with E-state index >= 15 is 0 Å². The van der Waals surface area contributed by atoms with Gasteiger partial charge >= 0.3 is 5.97 Å². The quantitative estimate of drug-likeness (QED) is 0.0719. The number of carbonyl (C=O) groups is 4. The van der Waals surface area contributed by atoms with Crippen LogP contribution in [0.25, 0.3) is 0 Å². The van der Waals surface area contributed by atoms with Gasteiger partial charge in [-0.05, 0) is 133 Å². The van der Waals surface area contributed by atoms with Crippen LogP contribution in [0.2, 0.25) is 0 Å². The van der Waals surface area contributed by atoms with Gasteiger partial charge in [0.2, 0.25) is 17.7 Å². The Morgan fingerprint density at radius 1 is 0.586 bits per heavy atom. The molecule has 0 heterocycles. The summed E-state index contributed by atoms with van der Waals surface area (Å²) in [5.74, 6) is 5.82. The average Bonchev–Trinajstić information content (AvgIpc) is 3.89. The van der Waals surface area contributed by atoms with E-state index in [9.17, 15) is 19.2 Å². The number of carbonyl (C=O) groups excluding carboxylic acids is 4. The smallest absolute Gasteiger partial charge is 0.322 e. The molecule has 10 unspecified atom stereocenters. The summed E-state index contributed by atoms with van der Waals surface area (Å²) in [7, 11) is 1.37. The summed E-state index contributed by atoms with van der Waals surface area (Å²) in [6.45, 7) is 32.1. The number of esters is 1. The van der Waals surface area contributed by atoms with E-state index in [0.717, 1.165) is 56.1 Å². The molecule has 0 aromatic carbocycles. The lowest BCUT2D eigenvalue weighted by atomic mass is 9.82. The Labute approximate surface area is 379 Å². The van der Waals surface area contributed by atoms with E-state index in [1.807, 2.05) is 53.7 Å². The zero-order valence-corrected chi connectivity index (χ0v) is 43.1. The van der Waals surface area contributed by atoms with Crippen LogP contribution in [0.4, 0.5) is 0 Å². The molecule has 336 valence electrons. The average molecular weight is 1010 g/mol. The normalized spacial score (nSPS) is 28.1. The van der Waals surface area contributed by atoms with Gasteiger partial charge in [-0.1, -0.05) is 127 Å². The van der Waals surface area contributed by atoms with E-state index in [0.29, 0.717) is 36.0 Å². The first-order valence-electron chi connectivity index (χ1n) is 22.1. The second kappa shape index (κ2) is 25.0. The molecule has 3 aliphatic carbocycles. The van der Waals surface area contributed by atoms with Gasteiger partial charge in [0, 0.05) is 25.0 Å². The van der Waals surface area contributed by atoms with Crippen molar-refractivity contribution in [2.45, 2.75) is 160 Å². The van der Waals surface area contributed by atoms with Gasteiger partial charge in [0.15, 0.2) is 0 Å². The molecule has 3 amide bonds. The van der Waals surface area contributed by atoms with Crippen molar-refractivity contribution in [1.29, 1.82) is 0 Å². The molecule has 8 nitrogen and oxygen atoms in total. The summed E-state index contributed by atoms with van der Waals surface area (Å²) in [6, 6.07) is 0. The molecule has 0 aromatic heterocycles. The predicted molar refractivity (Wildman–Crippen MR) is 253 cm³/mol. The van der Waals surface area contributed by atoms with Gasteiger partial charge in [-0.15, -0.1) is 13.2 Å². The summed E-state index contributed by atoms with van der Waals surface area (Å²) < 4.78 is 3.03. The van der Waals surface area contributed by atoms with Gasteiger partial charge < -0.3 is 20.7 Å². The van der Waals surface area contributed by atoms with Crippen LogP contribution in [0, 0.1) is 58.7 Å². The van der Waals surface area contributed by atoms with Crippen LogP contribution >= 0.6 is 47.8 Å². The van der Waals surface area contributed by atoms with Crippen molar-refractivity contribution in [3.63, 3.8) is 0 Å². The molecule has 11 heteroatoms. The van der Waals surface area contributed by atoms with Crippen LogP contribution < -0.4 is 16.0 Å². The Bertz CT molecular complexity index is 1320. The third kappa shape index (κ3) is 18.0. The molecule has 3 saturated carbocycles. The Kier molecular flexibility index (Phi) is 23.7. The second-order valence-electron chi connectivity index (χ2n) is 19.3. The number of hydrogen-bond donors (Lipinski definition) is 3. The number of amides is 3. The van der Waals surface area contributed by atoms with Crippen LogP contribution in [-0.2, 0) is 23.9 Å². The summed E-state index contributed by atoms with van der Waals surface area (Å²) >= 11 is 10.2. The molecule has 10 atom stereocenters. The molecule has 3 aliphatic rings. The molecule has 3 rings (SSSR count). The number of hydrogen-bond acceptors (Lipinski definition) is 5. The zero-order chi connectivity index (χ0) is 44.6. The summed E-state index contributed by atoms with van der Waals surface area (Å²) in [5, 5.41) is 9.23. The zero-order valence-electron chi connectivity index (χ0n) is 38.3. The number of methoxy groups -OCH3 is 1. The predicted octanol–water partition coefficient (Wildman–Crippen LogP) is 11.3. The van der Waals surface area contributed by atoms with Crippen LogP contribution in [-0.4, -0.2) is 63.4 Å². The van der Waals surface area contributed by atoms with Crippen LogP contribution in [0.3, 0.4) is 0 Å². The summed E-state index contributed by atoms with van der Waals surface area (Å²) in [4.78, 5) is 48.1. The molecule has 0 saturated heterocycles. The molecule has 3 N–H and O–H groups in total. The molecular weight excluding hydrogens is 926 g/mol. The molecule has 3 fully saturated rings. The SMILES string of the molecule is C=CC1CC(C=C)C(CNC(=O)C(C)(C)Br)C1.CCC1CC(CC)C(CNC(=O)C(C)(C)Br)C1.CCC1CC(CC)C(CNC(=O)C(C)(C)CC(C)(Br)C(=O)OC)C1. The van der Waals surface area contributed by atoms with Crippen molar-refractivity contribution in [2.24, 2.45) is 58.7 Å². The van der Waals surface area contributed by atoms with Crippen molar-refractivity contribution in [3.05, 3.63) is 25.3 Å². The van der Waals surface area contributed by atoms with Gasteiger partial charge in [-0.3, -0.25) is 19.2 Å². The van der Waals surface area contributed by atoms with Crippen molar-refractivity contribution in [1.82, 2.24) is 16.0 Å². The van der Waals surface area contributed by atoms with Crippen LogP contribution in [0.15, 0.2) is 25.3 Å². The van der Waals surface area contributed by atoms with E-state index < -0.39 is 18.4 Å². The third-order valence-corrected chi connectivity index (χ3v) is 14.5. The maximum absolute atomic E-state index is 12.7. The van der Waals surface area contributed by atoms with Crippen LogP contribution in [0.1, 0.15) is 147 Å². The third-order valence-electron chi connectivity index (χ3n) is 13.2. The Morgan fingerprint density at radius 3 is 1.33 bits per heavy atom. The standard InChI is InChI=1S/C19H34BrNO3.C14H26BrNO.C14H22BrNO/c1-7-13-9-14(8-2)15(10-13)11-21-16(22)18(3,4)12-19(5,20)17(23)24-6;2*1-5-10-7-11(6-2)12(8-10)9-16-13(17)14(3,4)15/h13-15H,7-12H2,1-6H3,(H,21,22);10-12H,5-9H2,1-4H3,(H,16,17);5-6,10-12H,1-2,7-9H2,3-4H3,(H,16,17). The molecule has 0 aliphatic heterocycles. The van der Waals surface area contributed by atoms with E-state index in [4.69, 9.17) is 4.74 Å². The number of allylic oxidation sites excluding steroid dienone is 2. The summed E-state index contributed by atoms with van der Waals surface area (Å²) in [5.41, 5.74) is -0.642. The Hall–Kier alpha value is -1.20. The Morgan fingerprint density at radius 2 is 0.983 bits per heavy atom.